The van der Waals surface area contributed by atoms with Gasteiger partial charge in [0.05, 0.1) is 45.3 Å². The van der Waals surface area contributed by atoms with E-state index in [-0.39, 0.29) is 68.8 Å². The van der Waals surface area contributed by atoms with Crippen LogP contribution in [0.4, 0.5) is 0 Å². The Morgan fingerprint density at radius 2 is 0.704 bits per heavy atom. The molecule has 16 N–H and O–H groups in total. The summed E-state index contributed by atoms with van der Waals surface area (Å²) < 4.78 is 45.8. The first-order chi connectivity index (χ1) is 35.9. The van der Waals surface area contributed by atoms with Gasteiger partial charge in [0.1, 0.15) is 0 Å². The van der Waals surface area contributed by atoms with Crippen molar-refractivity contribution < 1.29 is 94.7 Å². The van der Waals surface area contributed by atoms with E-state index in [1.54, 1.807) is 24.3 Å². The molecule has 0 spiro atoms. The van der Waals surface area contributed by atoms with Crippen molar-refractivity contribution in [3.05, 3.63) is 257 Å². The number of para-hydroxylation sites is 4. The number of hydrogen-bond donors (Lipinski definition) is 6. The summed E-state index contributed by atoms with van der Waals surface area (Å²) >= 11 is 13.4. The molecule has 0 bridgehead atoms. The minimum Gasteiger partial charge on any atom is 0 e. The average Bonchev–Trinajstić information content (AvgIpc) is 4.09. The van der Waals surface area contributed by atoms with Gasteiger partial charge in [0.2, 0.25) is 11.8 Å². The molecule has 0 saturated heterocycles. The third-order valence-corrected chi connectivity index (χ3v) is 12.5. The number of rotatable bonds is 10. The zero-order chi connectivity index (χ0) is 54.1. The normalized spacial score (nSPS) is 10.9. The monoisotopic (exact) mass is 1250 g/mol. The first-order valence-corrected chi connectivity index (χ1v) is 25.4. The summed E-state index contributed by atoms with van der Waals surface area (Å²) in [6, 6.07) is 52.3. The van der Waals surface area contributed by atoms with Crippen molar-refractivity contribution in [2.75, 3.05) is 0 Å². The molecular weight excluding hydrogens is 1190 g/mol. The minimum atomic E-state index is -4.67. The Morgan fingerprint density at radius 1 is 0.457 bits per heavy atom. The van der Waals surface area contributed by atoms with Crippen LogP contribution in [0.15, 0.2) is 179 Å². The van der Waals surface area contributed by atoms with Crippen molar-refractivity contribution in [1.82, 2.24) is 39.1 Å². The first kappa shape index (κ1) is 71.6. The SMILES string of the molecule is Cc1nn(-c2ccccc2)c(O)c1C(c1ccc(Cl)cc1)c1c(C)[nH]n(-c2ccccc2)c1=O.Cc1nn(-c2ccccc2)c(O)c1C(c1ccc(Cl)cc1)c1c(C)[nH]n(-c2ccccc2)c1=O.O.O.O.O.O.O=S(=O)(O)O.[O]=[V].[V]. The second kappa shape index (κ2) is 31.5. The molecule has 81 heavy (non-hydrogen) atoms. The molecule has 0 fully saturated rings. The van der Waals surface area contributed by atoms with E-state index in [0.29, 0.717) is 55.1 Å². The third-order valence-electron chi connectivity index (χ3n) is 12.0. The second-order valence-electron chi connectivity index (χ2n) is 16.8. The van der Waals surface area contributed by atoms with Crippen molar-refractivity contribution in [3.63, 3.8) is 0 Å². The summed E-state index contributed by atoms with van der Waals surface area (Å²) in [5.41, 5.74) is 9.13. The molecule has 0 aliphatic rings. The molecule has 428 valence electrons. The van der Waals surface area contributed by atoms with E-state index in [4.69, 9.17) is 44.4 Å². The largest absolute Gasteiger partial charge is 0 e. The van der Waals surface area contributed by atoms with Gasteiger partial charge in [-0.05, 0) is 112 Å². The standard InChI is InChI=1S/2C27H23ClN4O2.H2O4S.5H2O.O.2V/c2*1-17-23(26(33)31(29-17)21-9-5-3-6-10-21)25(19-13-15-20(28)16-14-19)24-18(2)30-32(27(24)34)22-11-7-4-8-12-22;1-5(2,3)4;;;;;;;;/h2*3-16,25,29,34H,1-2H3;(H2,1,2,3,4);5*1H2;;;. The number of aromatic amines is 2. The van der Waals surface area contributed by atoms with Crippen molar-refractivity contribution in [3.8, 4) is 34.5 Å². The van der Waals surface area contributed by atoms with E-state index in [1.165, 1.54) is 18.7 Å². The number of halogens is 2. The van der Waals surface area contributed by atoms with Gasteiger partial charge in [0.15, 0.2) is 0 Å². The number of benzene rings is 6. The van der Waals surface area contributed by atoms with Crippen LogP contribution in [0.2, 0.25) is 10.0 Å². The molecule has 10 rings (SSSR count). The number of nitrogens with one attached hydrogen (secondary N) is 2. The first-order valence-electron chi connectivity index (χ1n) is 22.7. The van der Waals surface area contributed by atoms with Gasteiger partial charge in [-0.15, -0.1) is 0 Å². The van der Waals surface area contributed by atoms with Crippen molar-refractivity contribution in [1.29, 1.82) is 0 Å². The molecule has 4 heterocycles. The van der Waals surface area contributed by atoms with E-state index in [0.717, 1.165) is 51.2 Å². The number of H-pyrrole nitrogens is 2. The molecular formula is C54H58Cl2N8O14SV2. The maximum Gasteiger partial charge on any atom is 0 e. The fourth-order valence-corrected chi connectivity index (χ4v) is 9.06. The van der Waals surface area contributed by atoms with Gasteiger partial charge in [-0.3, -0.25) is 28.9 Å². The van der Waals surface area contributed by atoms with Gasteiger partial charge in [-0.25, -0.2) is 18.7 Å². The maximum absolute atomic E-state index is 13.7. The molecule has 22 nitrogen and oxygen atoms in total. The predicted molar refractivity (Wildman–Crippen MR) is 300 cm³/mol. The fourth-order valence-electron chi connectivity index (χ4n) is 8.81. The topological polar surface area (TPSA) is 401 Å². The van der Waals surface area contributed by atoms with Gasteiger partial charge in [-0.2, -0.15) is 18.6 Å². The summed E-state index contributed by atoms with van der Waals surface area (Å²) in [6.45, 7) is 7.42. The van der Waals surface area contributed by atoms with Crippen LogP contribution in [0.3, 0.4) is 0 Å². The Hall–Kier alpha value is -7.42. The van der Waals surface area contributed by atoms with E-state index < -0.39 is 22.2 Å². The second-order valence-corrected chi connectivity index (χ2v) is 18.6. The van der Waals surface area contributed by atoms with Crippen molar-refractivity contribution in [2.45, 2.75) is 39.5 Å². The molecule has 10 aromatic rings. The van der Waals surface area contributed by atoms with Crippen LogP contribution in [0, 0.1) is 27.7 Å². The zero-order valence-corrected chi connectivity index (χ0v) is 48.5. The van der Waals surface area contributed by atoms with E-state index >= 15 is 0 Å². The van der Waals surface area contributed by atoms with Crippen molar-refractivity contribution >= 4 is 33.6 Å². The molecule has 0 saturated carbocycles. The van der Waals surface area contributed by atoms with E-state index in [9.17, 15) is 19.8 Å². The van der Waals surface area contributed by atoms with Crippen LogP contribution < -0.4 is 11.1 Å². The molecule has 0 amide bonds. The molecule has 4 aromatic heterocycles. The summed E-state index contributed by atoms with van der Waals surface area (Å²) in [7, 11) is -4.67. The van der Waals surface area contributed by atoms with Gasteiger partial charge in [-0.1, -0.05) is 120 Å². The third kappa shape index (κ3) is 16.4. The number of aryl methyl sites for hydroxylation is 4. The quantitative estimate of drug-likeness (QED) is 0.0848. The Morgan fingerprint density at radius 3 is 0.963 bits per heavy atom. The summed E-state index contributed by atoms with van der Waals surface area (Å²) in [6.07, 6.45) is 0. The van der Waals surface area contributed by atoms with Gasteiger partial charge in [0, 0.05) is 63.0 Å². The van der Waals surface area contributed by atoms with Crippen LogP contribution in [0.5, 0.6) is 11.8 Å². The summed E-state index contributed by atoms with van der Waals surface area (Å²) in [5, 5.41) is 39.6. The van der Waals surface area contributed by atoms with Crippen LogP contribution in [0.25, 0.3) is 22.7 Å². The fraction of sp³-hybridized carbons (Fsp3) is 0.111. The van der Waals surface area contributed by atoms with Crippen LogP contribution in [0.1, 0.15) is 68.0 Å². The molecule has 0 aliphatic heterocycles. The van der Waals surface area contributed by atoms with Crippen LogP contribution in [-0.4, -0.2) is 94.2 Å². The van der Waals surface area contributed by atoms with Gasteiger partial charge in [0.25, 0.3) is 11.1 Å². The van der Waals surface area contributed by atoms with Gasteiger partial charge >= 0.3 is 31.4 Å². The molecule has 27 heteroatoms. The zero-order valence-electron chi connectivity index (χ0n) is 43.4. The maximum atomic E-state index is 13.7. The van der Waals surface area contributed by atoms with E-state index in [2.05, 4.69) is 20.4 Å². The molecule has 0 aliphatic carbocycles. The number of nitrogens with zero attached hydrogens (tertiary/aromatic N) is 6. The minimum absolute atomic E-state index is 0. The Kier molecular flexibility index (Phi) is 27.9. The molecule has 2 atom stereocenters. The molecule has 2 unspecified atom stereocenters. The predicted octanol–water partition coefficient (Wildman–Crippen LogP) is 6.11. The van der Waals surface area contributed by atoms with Crippen molar-refractivity contribution in [2.24, 2.45) is 0 Å². The Labute approximate surface area is 495 Å². The molecule has 6 aromatic carbocycles. The Balaban J connectivity index is 0.000000681. The Bertz CT molecular complexity index is 3550. The van der Waals surface area contributed by atoms with E-state index in [1.807, 2.05) is 173 Å². The molecule has 1 radical (unpaired) electrons. The number of aromatic hydroxyl groups is 2. The summed E-state index contributed by atoms with van der Waals surface area (Å²) in [4.78, 5) is 27.5. The smallest absolute Gasteiger partial charge is 0 e. The number of aromatic nitrogens is 8. The number of hydrogen-bond acceptors (Lipinski definition) is 9. The van der Waals surface area contributed by atoms with Crippen LogP contribution in [-0.2, 0) is 50.0 Å². The van der Waals surface area contributed by atoms with Crippen LogP contribution >= 0.6 is 23.2 Å². The van der Waals surface area contributed by atoms with Gasteiger partial charge < -0.3 is 37.6 Å². The summed E-state index contributed by atoms with van der Waals surface area (Å²) in [5.74, 6) is -1.11. The average molecular weight is 1250 g/mol.